The maximum atomic E-state index is 5.27. The minimum absolute atomic E-state index is 0.584. The van der Waals surface area contributed by atoms with Gasteiger partial charge in [-0.15, -0.1) is 0 Å². The van der Waals surface area contributed by atoms with E-state index in [1.54, 1.807) is 13.3 Å². The highest BCUT2D eigenvalue weighted by Crippen LogP contribution is 2.14. The van der Waals surface area contributed by atoms with Gasteiger partial charge in [-0.05, 0) is 30.9 Å². The van der Waals surface area contributed by atoms with Crippen molar-refractivity contribution >= 4 is 5.96 Å². The third-order valence-electron chi connectivity index (χ3n) is 3.40. The zero-order valence-electron chi connectivity index (χ0n) is 14.1. The molecule has 0 saturated heterocycles. The molecule has 0 fully saturated rings. The fourth-order valence-corrected chi connectivity index (χ4v) is 2.16. The van der Waals surface area contributed by atoms with Crippen LogP contribution in [0.2, 0.25) is 0 Å². The van der Waals surface area contributed by atoms with Crippen molar-refractivity contribution in [2.24, 2.45) is 10.9 Å². The van der Waals surface area contributed by atoms with Crippen LogP contribution in [0, 0.1) is 5.92 Å². The summed E-state index contributed by atoms with van der Waals surface area (Å²) in [7, 11) is 1.78. The summed E-state index contributed by atoms with van der Waals surface area (Å²) in [6.07, 6.45) is 4.72. The lowest BCUT2D eigenvalue weighted by atomic mass is 10.1. The lowest BCUT2D eigenvalue weighted by molar-refractivity contribution is 0.549. The molecule has 126 valence electrons. The highest BCUT2D eigenvalue weighted by molar-refractivity contribution is 5.79. The minimum Gasteiger partial charge on any atom is -0.461 e. The number of H-pyrrole nitrogens is 1. The van der Waals surface area contributed by atoms with Gasteiger partial charge in [0, 0.05) is 26.6 Å². The van der Waals surface area contributed by atoms with Crippen LogP contribution in [0.4, 0.5) is 0 Å². The Balaban J connectivity index is 1.69. The molecule has 0 saturated carbocycles. The molecule has 2 aromatic heterocycles. The van der Waals surface area contributed by atoms with E-state index in [0.29, 0.717) is 11.6 Å². The van der Waals surface area contributed by atoms with Crippen molar-refractivity contribution in [3.8, 4) is 11.6 Å². The van der Waals surface area contributed by atoms with Crippen molar-refractivity contribution in [3.63, 3.8) is 0 Å². The predicted molar refractivity (Wildman–Crippen MR) is 91.2 cm³/mol. The van der Waals surface area contributed by atoms with E-state index in [9.17, 15) is 0 Å². The third kappa shape index (κ3) is 5.77. The Kier molecular flexibility index (Phi) is 6.65. The third-order valence-corrected chi connectivity index (χ3v) is 3.40. The molecule has 2 rings (SSSR count). The van der Waals surface area contributed by atoms with E-state index in [4.69, 9.17) is 4.42 Å². The predicted octanol–water partition coefficient (Wildman–Crippen LogP) is 2.21. The summed E-state index contributed by atoms with van der Waals surface area (Å²) in [5.41, 5.74) is 0. The zero-order valence-corrected chi connectivity index (χ0v) is 14.1. The Morgan fingerprint density at radius 2 is 2.17 bits per heavy atom. The van der Waals surface area contributed by atoms with Gasteiger partial charge in [-0.1, -0.05) is 13.8 Å². The van der Waals surface area contributed by atoms with E-state index < -0.39 is 0 Å². The average Bonchev–Trinajstić information content (AvgIpc) is 3.20. The van der Waals surface area contributed by atoms with Crippen molar-refractivity contribution in [2.45, 2.75) is 33.1 Å². The molecule has 0 aliphatic rings. The first-order valence-corrected chi connectivity index (χ1v) is 8.08. The van der Waals surface area contributed by atoms with Crippen LogP contribution in [0.5, 0.6) is 0 Å². The summed E-state index contributed by atoms with van der Waals surface area (Å²) in [6.45, 7) is 6.14. The second-order valence-corrected chi connectivity index (χ2v) is 5.79. The number of guanidine groups is 1. The number of nitrogens with zero attached hydrogens (tertiary/aromatic N) is 3. The molecule has 0 aromatic carbocycles. The first kappa shape index (κ1) is 17.1. The number of hydrogen-bond acceptors (Lipinski definition) is 4. The summed E-state index contributed by atoms with van der Waals surface area (Å²) < 4.78 is 5.27. The Labute approximate surface area is 137 Å². The van der Waals surface area contributed by atoms with Gasteiger partial charge in [-0.2, -0.15) is 5.10 Å². The van der Waals surface area contributed by atoms with E-state index in [2.05, 4.69) is 44.7 Å². The van der Waals surface area contributed by atoms with E-state index in [1.807, 2.05) is 12.1 Å². The number of rotatable bonds is 8. The number of nitrogens with one attached hydrogen (secondary N) is 3. The van der Waals surface area contributed by atoms with Crippen LogP contribution >= 0.6 is 0 Å². The molecule has 0 amide bonds. The molecule has 0 atom stereocenters. The molecular weight excluding hydrogens is 292 g/mol. The Morgan fingerprint density at radius 3 is 2.87 bits per heavy atom. The molecule has 0 aliphatic carbocycles. The SMILES string of the molecule is CN=C(NCCCC(C)C)NCCc1nc(-c2ccco2)n[nH]1. The van der Waals surface area contributed by atoms with Crippen molar-refractivity contribution in [3.05, 3.63) is 24.2 Å². The van der Waals surface area contributed by atoms with Gasteiger partial charge in [0.1, 0.15) is 5.82 Å². The first-order chi connectivity index (χ1) is 11.2. The molecule has 2 heterocycles. The van der Waals surface area contributed by atoms with Gasteiger partial charge in [-0.25, -0.2) is 4.98 Å². The van der Waals surface area contributed by atoms with E-state index >= 15 is 0 Å². The number of hydrogen-bond donors (Lipinski definition) is 3. The summed E-state index contributed by atoms with van der Waals surface area (Å²) in [6, 6.07) is 3.66. The summed E-state index contributed by atoms with van der Waals surface area (Å²) in [5.74, 6) is 3.63. The maximum absolute atomic E-state index is 5.27. The standard InChI is InChI=1S/C16H26N6O/c1-12(2)6-4-9-18-16(17-3)19-10-8-14-20-15(22-21-14)13-7-5-11-23-13/h5,7,11-12H,4,6,8-10H2,1-3H3,(H2,17,18,19)(H,20,21,22). The van der Waals surface area contributed by atoms with Gasteiger partial charge in [0.05, 0.1) is 6.26 Å². The number of furan rings is 1. The molecule has 0 unspecified atom stereocenters. The second-order valence-electron chi connectivity index (χ2n) is 5.79. The van der Waals surface area contributed by atoms with Crippen molar-refractivity contribution < 1.29 is 4.42 Å². The van der Waals surface area contributed by atoms with E-state index in [-0.39, 0.29) is 0 Å². The largest absolute Gasteiger partial charge is 0.461 e. The Hall–Kier alpha value is -2.31. The monoisotopic (exact) mass is 318 g/mol. The van der Waals surface area contributed by atoms with Gasteiger partial charge in [0.2, 0.25) is 5.82 Å². The zero-order chi connectivity index (χ0) is 16.5. The topological polar surface area (TPSA) is 91.1 Å². The molecule has 0 bridgehead atoms. The van der Waals surface area contributed by atoms with Crippen molar-refractivity contribution in [1.82, 2.24) is 25.8 Å². The van der Waals surface area contributed by atoms with Gasteiger partial charge in [-0.3, -0.25) is 10.1 Å². The molecule has 23 heavy (non-hydrogen) atoms. The van der Waals surface area contributed by atoms with Crippen LogP contribution in [0.3, 0.4) is 0 Å². The first-order valence-electron chi connectivity index (χ1n) is 8.08. The van der Waals surface area contributed by atoms with Gasteiger partial charge >= 0.3 is 0 Å². The summed E-state index contributed by atoms with van der Waals surface area (Å²) >= 11 is 0. The number of aliphatic imine (C=N–C) groups is 1. The van der Waals surface area contributed by atoms with Gasteiger partial charge < -0.3 is 15.1 Å². The number of aromatic nitrogens is 3. The Bertz CT molecular complexity index is 587. The van der Waals surface area contributed by atoms with Crippen LogP contribution in [0.15, 0.2) is 27.8 Å². The number of aromatic amines is 1. The van der Waals surface area contributed by atoms with E-state index in [0.717, 1.165) is 43.6 Å². The van der Waals surface area contributed by atoms with E-state index in [1.165, 1.54) is 6.42 Å². The second kappa shape index (κ2) is 8.97. The normalized spacial score (nSPS) is 11.9. The highest BCUT2D eigenvalue weighted by atomic mass is 16.3. The van der Waals surface area contributed by atoms with Crippen LogP contribution < -0.4 is 10.6 Å². The molecule has 0 radical (unpaired) electrons. The minimum atomic E-state index is 0.584. The van der Waals surface area contributed by atoms with Crippen LogP contribution in [-0.2, 0) is 6.42 Å². The molecule has 7 heteroatoms. The lowest BCUT2D eigenvalue weighted by Gasteiger charge is -2.11. The highest BCUT2D eigenvalue weighted by Gasteiger charge is 2.08. The van der Waals surface area contributed by atoms with Crippen LogP contribution in [0.25, 0.3) is 11.6 Å². The lowest BCUT2D eigenvalue weighted by Crippen LogP contribution is -2.38. The molecule has 3 N–H and O–H groups in total. The van der Waals surface area contributed by atoms with Gasteiger partial charge in [0.15, 0.2) is 11.7 Å². The fourth-order valence-electron chi connectivity index (χ4n) is 2.16. The molecule has 0 spiro atoms. The maximum Gasteiger partial charge on any atom is 0.216 e. The molecule has 2 aromatic rings. The van der Waals surface area contributed by atoms with Gasteiger partial charge in [0.25, 0.3) is 0 Å². The molecule has 0 aliphatic heterocycles. The van der Waals surface area contributed by atoms with Crippen LogP contribution in [-0.4, -0.2) is 41.3 Å². The summed E-state index contributed by atoms with van der Waals surface area (Å²) in [5, 5.41) is 13.7. The fraction of sp³-hybridized carbons (Fsp3) is 0.562. The molecule has 7 nitrogen and oxygen atoms in total. The smallest absolute Gasteiger partial charge is 0.216 e. The van der Waals surface area contributed by atoms with Crippen molar-refractivity contribution in [1.29, 1.82) is 0 Å². The van der Waals surface area contributed by atoms with Crippen LogP contribution in [0.1, 0.15) is 32.5 Å². The molecular formula is C16H26N6O. The average molecular weight is 318 g/mol. The quantitative estimate of drug-likeness (QED) is 0.394. The summed E-state index contributed by atoms with van der Waals surface area (Å²) in [4.78, 5) is 8.62. The van der Waals surface area contributed by atoms with Crippen molar-refractivity contribution in [2.75, 3.05) is 20.1 Å². The Morgan fingerprint density at radius 1 is 1.35 bits per heavy atom.